The van der Waals surface area contributed by atoms with E-state index in [0.29, 0.717) is 12.1 Å². The number of hydrogen-bond acceptors (Lipinski definition) is 3. The minimum Gasteiger partial charge on any atom is -0.357 e. The third-order valence-corrected chi connectivity index (χ3v) is 4.11. The number of nitrogens with one attached hydrogen (secondary N) is 4. The first-order valence-electron chi connectivity index (χ1n) is 8.27. The summed E-state index contributed by atoms with van der Waals surface area (Å²) in [4.78, 5) is 23.9. The highest BCUT2D eigenvalue weighted by atomic mass is 32.1. The first kappa shape index (κ1) is 20.3. The summed E-state index contributed by atoms with van der Waals surface area (Å²) in [6.07, 6.45) is 0. The molecular weight excluding hydrogens is 367 g/mol. The van der Waals surface area contributed by atoms with Crippen LogP contribution in [0.1, 0.15) is 27.0 Å². The number of halogens is 1. The fraction of sp³-hybridized carbons (Fsp3) is 0.211. The van der Waals surface area contributed by atoms with Gasteiger partial charge in [0.05, 0.1) is 6.54 Å². The molecule has 0 heterocycles. The third kappa shape index (κ3) is 6.67. The number of aryl methyl sites for hydroxylation is 2. The third-order valence-electron chi connectivity index (χ3n) is 3.86. The summed E-state index contributed by atoms with van der Waals surface area (Å²) in [6.45, 7) is 4.07. The number of carbonyl (C=O) groups is 2. The molecule has 6 nitrogen and oxygen atoms in total. The maximum Gasteiger partial charge on any atom is 0.257 e. The van der Waals surface area contributed by atoms with Crippen molar-refractivity contribution in [2.45, 2.75) is 20.4 Å². The quantitative estimate of drug-likeness (QED) is 0.464. The van der Waals surface area contributed by atoms with Crippen LogP contribution in [-0.4, -0.2) is 23.5 Å². The van der Waals surface area contributed by atoms with Crippen LogP contribution < -0.4 is 21.5 Å². The van der Waals surface area contributed by atoms with E-state index < -0.39 is 5.91 Å². The molecule has 0 fully saturated rings. The fourth-order valence-electron chi connectivity index (χ4n) is 2.14. The lowest BCUT2D eigenvalue weighted by atomic mass is 10.1. The molecule has 142 valence electrons. The van der Waals surface area contributed by atoms with Crippen LogP contribution in [0, 0.1) is 19.7 Å². The number of hydrazine groups is 1. The van der Waals surface area contributed by atoms with Crippen molar-refractivity contribution < 1.29 is 14.0 Å². The van der Waals surface area contributed by atoms with E-state index in [9.17, 15) is 14.0 Å². The van der Waals surface area contributed by atoms with Gasteiger partial charge in [-0.25, -0.2) is 4.39 Å². The molecule has 0 spiro atoms. The zero-order valence-electron chi connectivity index (χ0n) is 15.1. The van der Waals surface area contributed by atoms with Gasteiger partial charge in [0, 0.05) is 12.1 Å². The summed E-state index contributed by atoms with van der Waals surface area (Å²) >= 11 is 5.04. The van der Waals surface area contributed by atoms with Crippen LogP contribution in [0.5, 0.6) is 0 Å². The Kier molecular flexibility index (Phi) is 7.25. The van der Waals surface area contributed by atoms with Crippen LogP contribution in [0.15, 0.2) is 42.5 Å². The summed E-state index contributed by atoms with van der Waals surface area (Å²) < 4.78 is 12.8. The van der Waals surface area contributed by atoms with Crippen LogP contribution in [-0.2, 0) is 11.3 Å². The molecule has 0 aliphatic carbocycles. The van der Waals surface area contributed by atoms with Gasteiger partial charge in [-0.3, -0.25) is 20.4 Å². The summed E-state index contributed by atoms with van der Waals surface area (Å²) in [6, 6.07) is 11.3. The van der Waals surface area contributed by atoms with E-state index in [4.69, 9.17) is 12.2 Å². The number of hydrogen-bond donors (Lipinski definition) is 4. The van der Waals surface area contributed by atoms with Gasteiger partial charge in [-0.05, 0) is 67.0 Å². The second kappa shape index (κ2) is 9.63. The van der Waals surface area contributed by atoms with Crippen LogP contribution in [0.3, 0.4) is 0 Å². The first-order chi connectivity index (χ1) is 12.8. The maximum absolute atomic E-state index is 12.8. The lowest BCUT2D eigenvalue weighted by Gasteiger charge is -2.12. The molecule has 0 saturated heterocycles. The molecule has 2 amide bonds. The molecule has 8 heteroatoms. The Bertz CT molecular complexity index is 840. The Morgan fingerprint density at radius 1 is 0.963 bits per heavy atom. The van der Waals surface area contributed by atoms with Gasteiger partial charge >= 0.3 is 0 Å². The zero-order valence-corrected chi connectivity index (χ0v) is 15.9. The average molecular weight is 388 g/mol. The molecule has 0 atom stereocenters. The Labute approximate surface area is 162 Å². The Hall–Kier alpha value is -3.00. The molecule has 0 saturated carbocycles. The molecule has 27 heavy (non-hydrogen) atoms. The van der Waals surface area contributed by atoms with E-state index in [1.54, 1.807) is 24.3 Å². The lowest BCUT2D eigenvalue weighted by molar-refractivity contribution is -0.120. The van der Waals surface area contributed by atoms with Gasteiger partial charge in [-0.2, -0.15) is 0 Å². The minimum absolute atomic E-state index is 0.195. The van der Waals surface area contributed by atoms with Crippen molar-refractivity contribution in [3.63, 3.8) is 0 Å². The van der Waals surface area contributed by atoms with Crippen LogP contribution >= 0.6 is 12.2 Å². The van der Waals surface area contributed by atoms with Crippen LogP contribution in [0.25, 0.3) is 0 Å². The summed E-state index contributed by atoms with van der Waals surface area (Å²) in [5.41, 5.74) is 8.36. The van der Waals surface area contributed by atoms with Crippen molar-refractivity contribution in [1.82, 2.24) is 21.5 Å². The molecule has 0 bridgehead atoms. The molecule has 0 aliphatic rings. The van der Waals surface area contributed by atoms with Crippen LogP contribution in [0.2, 0.25) is 0 Å². The van der Waals surface area contributed by atoms with Crippen molar-refractivity contribution in [3.05, 3.63) is 70.5 Å². The molecular formula is C19H21FN4O2S. The Balaban J connectivity index is 1.69. The highest BCUT2D eigenvalue weighted by Crippen LogP contribution is 2.09. The number of benzene rings is 2. The molecule has 0 radical (unpaired) electrons. The molecule has 2 aromatic rings. The topological polar surface area (TPSA) is 82.3 Å². The SMILES string of the molecule is Cc1ccc(C(=O)NCC(=O)NNC(=S)NCc2ccc(F)cc2)cc1C. The second-order valence-electron chi connectivity index (χ2n) is 5.96. The molecule has 2 rings (SSSR count). The van der Waals surface area contributed by atoms with Gasteiger partial charge in [-0.1, -0.05) is 18.2 Å². The predicted molar refractivity (Wildman–Crippen MR) is 105 cm³/mol. The minimum atomic E-state index is -0.446. The molecule has 0 aliphatic heterocycles. The number of thiocarbonyl (C=S) groups is 1. The van der Waals surface area contributed by atoms with Gasteiger partial charge < -0.3 is 10.6 Å². The van der Waals surface area contributed by atoms with E-state index in [1.807, 2.05) is 19.9 Å². The predicted octanol–water partition coefficient (Wildman–Crippen LogP) is 1.87. The molecule has 4 N–H and O–H groups in total. The maximum atomic E-state index is 12.8. The van der Waals surface area contributed by atoms with Gasteiger partial charge in [0.25, 0.3) is 11.8 Å². The van der Waals surface area contributed by atoms with Crippen molar-refractivity contribution in [3.8, 4) is 0 Å². The van der Waals surface area contributed by atoms with E-state index in [0.717, 1.165) is 16.7 Å². The first-order valence-corrected chi connectivity index (χ1v) is 8.68. The largest absolute Gasteiger partial charge is 0.357 e. The van der Waals surface area contributed by atoms with Crippen LogP contribution in [0.4, 0.5) is 4.39 Å². The van der Waals surface area contributed by atoms with Crippen molar-refractivity contribution >= 4 is 29.1 Å². The summed E-state index contributed by atoms with van der Waals surface area (Å²) in [7, 11) is 0. The van der Waals surface area contributed by atoms with Crippen molar-refractivity contribution in [2.24, 2.45) is 0 Å². The zero-order chi connectivity index (χ0) is 19.8. The van der Waals surface area contributed by atoms with E-state index in [-0.39, 0.29) is 23.4 Å². The summed E-state index contributed by atoms with van der Waals surface area (Å²) in [5.74, 6) is -1.09. The highest BCUT2D eigenvalue weighted by Gasteiger charge is 2.09. The molecule has 2 aromatic carbocycles. The van der Waals surface area contributed by atoms with Gasteiger partial charge in [0.2, 0.25) is 0 Å². The van der Waals surface area contributed by atoms with Gasteiger partial charge in [0.1, 0.15) is 5.82 Å². The van der Waals surface area contributed by atoms with Gasteiger partial charge in [0.15, 0.2) is 5.11 Å². The molecule has 0 aromatic heterocycles. The lowest BCUT2D eigenvalue weighted by Crippen LogP contribution is -2.49. The molecule has 0 unspecified atom stereocenters. The highest BCUT2D eigenvalue weighted by molar-refractivity contribution is 7.80. The Morgan fingerprint density at radius 3 is 2.33 bits per heavy atom. The average Bonchev–Trinajstić information content (AvgIpc) is 2.66. The van der Waals surface area contributed by atoms with E-state index in [1.165, 1.54) is 12.1 Å². The standard InChI is InChI=1S/C19H21FN4O2S/c1-12-3-6-15(9-13(12)2)18(26)21-11-17(25)23-24-19(27)22-10-14-4-7-16(20)8-5-14/h3-9H,10-11H2,1-2H3,(H,21,26)(H,23,25)(H2,22,24,27). The number of amides is 2. The summed E-state index contributed by atoms with van der Waals surface area (Å²) in [5, 5.41) is 5.62. The van der Waals surface area contributed by atoms with Crippen molar-refractivity contribution in [2.75, 3.05) is 6.54 Å². The van der Waals surface area contributed by atoms with Crippen molar-refractivity contribution in [1.29, 1.82) is 0 Å². The number of carbonyl (C=O) groups excluding carboxylic acids is 2. The van der Waals surface area contributed by atoms with Gasteiger partial charge in [-0.15, -0.1) is 0 Å². The Morgan fingerprint density at radius 2 is 1.67 bits per heavy atom. The fourth-order valence-corrected chi connectivity index (χ4v) is 2.27. The monoisotopic (exact) mass is 388 g/mol. The number of rotatable bonds is 5. The smallest absolute Gasteiger partial charge is 0.257 e. The van der Waals surface area contributed by atoms with E-state index >= 15 is 0 Å². The normalized spacial score (nSPS) is 10.0. The second-order valence-corrected chi connectivity index (χ2v) is 6.37. The van der Waals surface area contributed by atoms with E-state index in [2.05, 4.69) is 21.5 Å².